The van der Waals surface area contributed by atoms with Crippen molar-refractivity contribution in [3.63, 3.8) is 0 Å². The summed E-state index contributed by atoms with van der Waals surface area (Å²) in [7, 11) is 0. The summed E-state index contributed by atoms with van der Waals surface area (Å²) in [6.45, 7) is 6.15. The molecular weight excluding hydrogens is 204 g/mol. The van der Waals surface area contributed by atoms with E-state index in [4.69, 9.17) is 5.73 Å². The molecule has 1 saturated carbocycles. The summed E-state index contributed by atoms with van der Waals surface area (Å²) in [5.74, 6) is 2.08. The van der Waals surface area contributed by atoms with Gasteiger partial charge in [0.15, 0.2) is 0 Å². The first-order chi connectivity index (χ1) is 7.25. The minimum Gasteiger partial charge on any atom is -0.327 e. The lowest BCUT2D eigenvalue weighted by Crippen LogP contribution is -2.45. The molecule has 2 rings (SSSR count). The van der Waals surface area contributed by atoms with E-state index >= 15 is 0 Å². The molecule has 2 fully saturated rings. The standard InChI is InChI=1S/C12H24N2S/c1-10-8-14(6-7-15-10)9-11-4-2-3-5-12(11)13/h10-12H,2-9,13H2,1H3. The highest BCUT2D eigenvalue weighted by molar-refractivity contribution is 7.99. The summed E-state index contributed by atoms with van der Waals surface area (Å²) in [4.78, 5) is 2.64. The SMILES string of the molecule is CC1CN(CC2CCCCC2N)CCS1. The van der Waals surface area contributed by atoms with Crippen molar-refractivity contribution >= 4 is 11.8 Å². The molecular formula is C12H24N2S. The molecule has 1 saturated heterocycles. The number of thioether (sulfide) groups is 1. The third-order valence-corrected chi connectivity index (χ3v) is 4.92. The number of rotatable bonds is 2. The Labute approximate surface area is 98.0 Å². The van der Waals surface area contributed by atoms with Gasteiger partial charge in [-0.25, -0.2) is 0 Å². The molecule has 3 heteroatoms. The van der Waals surface area contributed by atoms with Gasteiger partial charge in [0.2, 0.25) is 0 Å². The van der Waals surface area contributed by atoms with Gasteiger partial charge >= 0.3 is 0 Å². The molecule has 2 N–H and O–H groups in total. The fourth-order valence-electron chi connectivity index (χ4n) is 2.85. The van der Waals surface area contributed by atoms with Gasteiger partial charge in [-0.2, -0.15) is 11.8 Å². The van der Waals surface area contributed by atoms with E-state index in [1.165, 1.54) is 51.1 Å². The van der Waals surface area contributed by atoms with Crippen LogP contribution in [0, 0.1) is 5.92 Å². The Balaban J connectivity index is 1.79. The van der Waals surface area contributed by atoms with Crippen molar-refractivity contribution in [1.82, 2.24) is 4.90 Å². The van der Waals surface area contributed by atoms with Crippen LogP contribution in [0.25, 0.3) is 0 Å². The van der Waals surface area contributed by atoms with Crippen LogP contribution in [0.5, 0.6) is 0 Å². The molecule has 1 heterocycles. The van der Waals surface area contributed by atoms with E-state index in [1.54, 1.807) is 0 Å². The van der Waals surface area contributed by atoms with Crippen molar-refractivity contribution in [2.45, 2.75) is 43.9 Å². The van der Waals surface area contributed by atoms with E-state index in [0.717, 1.165) is 11.2 Å². The molecule has 15 heavy (non-hydrogen) atoms. The van der Waals surface area contributed by atoms with Crippen LogP contribution < -0.4 is 5.73 Å². The van der Waals surface area contributed by atoms with Crippen molar-refractivity contribution in [3.8, 4) is 0 Å². The van der Waals surface area contributed by atoms with Gasteiger partial charge in [-0.3, -0.25) is 0 Å². The first-order valence-corrected chi connectivity index (χ1v) is 7.40. The normalized spacial score (nSPS) is 39.2. The van der Waals surface area contributed by atoms with Gasteiger partial charge in [0.1, 0.15) is 0 Å². The predicted molar refractivity (Wildman–Crippen MR) is 68.3 cm³/mol. The van der Waals surface area contributed by atoms with Crippen molar-refractivity contribution in [2.75, 3.05) is 25.4 Å². The zero-order valence-corrected chi connectivity index (χ0v) is 10.6. The quantitative estimate of drug-likeness (QED) is 0.783. The van der Waals surface area contributed by atoms with Crippen LogP contribution in [0.2, 0.25) is 0 Å². The maximum atomic E-state index is 6.20. The third-order valence-electron chi connectivity index (χ3n) is 3.79. The smallest absolute Gasteiger partial charge is 0.0147 e. The molecule has 0 spiro atoms. The van der Waals surface area contributed by atoms with Crippen LogP contribution in [0.3, 0.4) is 0 Å². The summed E-state index contributed by atoms with van der Waals surface area (Å²) in [5.41, 5.74) is 6.20. The molecule has 2 nitrogen and oxygen atoms in total. The summed E-state index contributed by atoms with van der Waals surface area (Å²) >= 11 is 2.11. The lowest BCUT2D eigenvalue weighted by Gasteiger charge is -2.37. The Hall–Kier alpha value is 0.270. The molecule has 0 radical (unpaired) electrons. The summed E-state index contributed by atoms with van der Waals surface area (Å²) in [6, 6.07) is 0.476. The van der Waals surface area contributed by atoms with Crippen LogP contribution in [0.1, 0.15) is 32.6 Å². The lowest BCUT2D eigenvalue weighted by atomic mass is 9.84. The van der Waals surface area contributed by atoms with E-state index in [-0.39, 0.29) is 0 Å². The molecule has 1 aliphatic carbocycles. The lowest BCUT2D eigenvalue weighted by molar-refractivity contribution is 0.189. The van der Waals surface area contributed by atoms with E-state index in [2.05, 4.69) is 23.6 Å². The zero-order chi connectivity index (χ0) is 10.7. The van der Waals surface area contributed by atoms with Gasteiger partial charge in [-0.05, 0) is 18.8 Å². The molecule has 3 unspecified atom stereocenters. The van der Waals surface area contributed by atoms with Crippen LogP contribution in [-0.2, 0) is 0 Å². The maximum absolute atomic E-state index is 6.20. The Bertz CT molecular complexity index is 198. The molecule has 1 aliphatic heterocycles. The van der Waals surface area contributed by atoms with Crippen LogP contribution in [0.4, 0.5) is 0 Å². The highest BCUT2D eigenvalue weighted by Gasteiger charge is 2.25. The van der Waals surface area contributed by atoms with Crippen LogP contribution in [0.15, 0.2) is 0 Å². The highest BCUT2D eigenvalue weighted by atomic mass is 32.2. The summed E-state index contributed by atoms with van der Waals surface area (Å²) in [6.07, 6.45) is 5.36. The van der Waals surface area contributed by atoms with Crippen molar-refractivity contribution < 1.29 is 0 Å². The predicted octanol–water partition coefficient (Wildman–Crippen LogP) is 1.94. The topological polar surface area (TPSA) is 29.3 Å². The molecule has 0 aromatic rings. The van der Waals surface area contributed by atoms with Gasteiger partial charge < -0.3 is 10.6 Å². The highest BCUT2D eigenvalue weighted by Crippen LogP contribution is 2.26. The van der Waals surface area contributed by atoms with Crippen LogP contribution >= 0.6 is 11.8 Å². The van der Waals surface area contributed by atoms with Gasteiger partial charge in [0.25, 0.3) is 0 Å². The fraction of sp³-hybridized carbons (Fsp3) is 1.00. The Kier molecular flexibility index (Phi) is 4.35. The number of hydrogen-bond donors (Lipinski definition) is 1. The second kappa shape index (κ2) is 5.55. The molecule has 2 aliphatic rings. The average molecular weight is 228 g/mol. The molecule has 3 atom stereocenters. The fourth-order valence-corrected chi connectivity index (χ4v) is 3.93. The summed E-state index contributed by atoms with van der Waals surface area (Å²) < 4.78 is 0. The molecule has 0 aromatic carbocycles. The summed E-state index contributed by atoms with van der Waals surface area (Å²) in [5, 5.41) is 0.818. The van der Waals surface area contributed by atoms with Gasteiger partial charge in [0, 0.05) is 36.7 Å². The monoisotopic (exact) mass is 228 g/mol. The average Bonchev–Trinajstić information content (AvgIpc) is 2.22. The zero-order valence-electron chi connectivity index (χ0n) is 9.82. The maximum Gasteiger partial charge on any atom is 0.0147 e. The van der Waals surface area contributed by atoms with Crippen molar-refractivity contribution in [2.24, 2.45) is 11.7 Å². The number of nitrogens with two attached hydrogens (primary N) is 1. The molecule has 0 bridgehead atoms. The minimum atomic E-state index is 0.476. The van der Waals surface area contributed by atoms with Crippen molar-refractivity contribution in [3.05, 3.63) is 0 Å². The minimum absolute atomic E-state index is 0.476. The third kappa shape index (κ3) is 3.36. The van der Waals surface area contributed by atoms with Gasteiger partial charge in [-0.1, -0.05) is 19.8 Å². The first-order valence-electron chi connectivity index (χ1n) is 6.35. The Morgan fingerprint density at radius 3 is 2.87 bits per heavy atom. The van der Waals surface area contributed by atoms with Crippen molar-refractivity contribution in [1.29, 1.82) is 0 Å². The first kappa shape index (κ1) is 11.7. The van der Waals surface area contributed by atoms with E-state index in [0.29, 0.717) is 6.04 Å². The molecule has 0 aromatic heterocycles. The van der Waals surface area contributed by atoms with Crippen LogP contribution in [-0.4, -0.2) is 41.6 Å². The molecule has 0 amide bonds. The second-order valence-electron chi connectivity index (χ2n) is 5.15. The Morgan fingerprint density at radius 1 is 1.33 bits per heavy atom. The van der Waals surface area contributed by atoms with E-state index in [9.17, 15) is 0 Å². The van der Waals surface area contributed by atoms with E-state index < -0.39 is 0 Å². The van der Waals surface area contributed by atoms with E-state index in [1.807, 2.05) is 0 Å². The second-order valence-corrected chi connectivity index (χ2v) is 6.70. The van der Waals surface area contributed by atoms with Gasteiger partial charge in [0.05, 0.1) is 0 Å². The number of hydrogen-bond acceptors (Lipinski definition) is 3. The largest absolute Gasteiger partial charge is 0.327 e. The Morgan fingerprint density at radius 2 is 2.13 bits per heavy atom. The molecule has 88 valence electrons. The van der Waals surface area contributed by atoms with Gasteiger partial charge in [-0.15, -0.1) is 0 Å². The number of nitrogens with zero attached hydrogens (tertiary/aromatic N) is 1.